The third-order valence-electron chi connectivity index (χ3n) is 7.06. The number of hydrogen-bond donors (Lipinski definition) is 3. The average Bonchev–Trinajstić information content (AvgIpc) is 3.44. The smallest absolute Gasteiger partial charge is 0.255 e. The Morgan fingerprint density at radius 2 is 1.93 bits per heavy atom. The zero-order valence-corrected chi connectivity index (χ0v) is 16.6. The number of hydrogen-bond acceptors (Lipinski definition) is 5. The first-order valence-corrected chi connectivity index (χ1v) is 10.8. The fourth-order valence-corrected chi connectivity index (χ4v) is 5.30. The van der Waals surface area contributed by atoms with E-state index in [2.05, 4.69) is 22.0 Å². The van der Waals surface area contributed by atoms with Crippen LogP contribution in [-0.4, -0.2) is 47.8 Å². The Bertz CT molecular complexity index is 848. The second kappa shape index (κ2) is 7.54. The predicted molar refractivity (Wildman–Crippen MR) is 107 cm³/mol. The fraction of sp³-hybridized carbons (Fsp3) is 0.591. The number of benzene rings is 1. The summed E-state index contributed by atoms with van der Waals surface area (Å²) >= 11 is 0. The van der Waals surface area contributed by atoms with Crippen molar-refractivity contribution in [1.29, 1.82) is 0 Å². The molecule has 7 heteroatoms. The van der Waals surface area contributed by atoms with Crippen LogP contribution in [0.2, 0.25) is 0 Å². The Labute approximate surface area is 170 Å². The first-order chi connectivity index (χ1) is 14.1. The van der Waals surface area contributed by atoms with Crippen LogP contribution in [-0.2, 0) is 22.7 Å². The summed E-state index contributed by atoms with van der Waals surface area (Å²) in [6, 6.07) is 5.88. The van der Waals surface area contributed by atoms with Crippen molar-refractivity contribution in [2.45, 2.75) is 57.3 Å². The number of rotatable bonds is 5. The highest BCUT2D eigenvalue weighted by Crippen LogP contribution is 2.41. The number of piperidine rings is 2. The zero-order valence-electron chi connectivity index (χ0n) is 16.6. The van der Waals surface area contributed by atoms with Crippen molar-refractivity contribution < 1.29 is 14.4 Å². The van der Waals surface area contributed by atoms with Gasteiger partial charge >= 0.3 is 0 Å². The minimum absolute atomic E-state index is 0.102. The molecular formula is C22H28N4O3. The second-order valence-electron chi connectivity index (χ2n) is 8.82. The molecule has 3 N–H and O–H groups in total. The van der Waals surface area contributed by atoms with Gasteiger partial charge in [-0.25, -0.2) is 0 Å². The Morgan fingerprint density at radius 3 is 2.72 bits per heavy atom. The number of carbonyl (C=O) groups is 3. The summed E-state index contributed by atoms with van der Waals surface area (Å²) in [6.45, 7) is 3.48. The summed E-state index contributed by atoms with van der Waals surface area (Å²) in [6.07, 6.45) is 4.49. The molecule has 3 fully saturated rings. The second-order valence-corrected chi connectivity index (χ2v) is 8.82. The van der Waals surface area contributed by atoms with E-state index in [0.29, 0.717) is 24.6 Å². The monoisotopic (exact) mass is 396 g/mol. The summed E-state index contributed by atoms with van der Waals surface area (Å²) in [7, 11) is 0. The van der Waals surface area contributed by atoms with E-state index in [4.69, 9.17) is 0 Å². The Balaban J connectivity index is 1.24. The quantitative estimate of drug-likeness (QED) is 0.644. The van der Waals surface area contributed by atoms with Crippen LogP contribution in [0.5, 0.6) is 0 Å². The minimum atomic E-state index is -0.555. The van der Waals surface area contributed by atoms with Gasteiger partial charge in [0.2, 0.25) is 11.8 Å². The maximum absolute atomic E-state index is 12.9. The van der Waals surface area contributed by atoms with Crippen LogP contribution in [0.1, 0.15) is 53.6 Å². The maximum atomic E-state index is 12.9. The molecule has 0 radical (unpaired) electrons. The van der Waals surface area contributed by atoms with E-state index in [9.17, 15) is 14.4 Å². The first-order valence-electron chi connectivity index (χ1n) is 10.8. The van der Waals surface area contributed by atoms with Gasteiger partial charge in [-0.1, -0.05) is 12.1 Å². The number of amides is 3. The van der Waals surface area contributed by atoms with Gasteiger partial charge in [-0.2, -0.15) is 0 Å². The number of nitrogens with one attached hydrogen (secondary N) is 3. The molecule has 0 aromatic heterocycles. The van der Waals surface area contributed by atoms with Crippen LogP contribution in [0.4, 0.5) is 0 Å². The summed E-state index contributed by atoms with van der Waals surface area (Å²) in [5, 5.41) is 9.50. The molecule has 7 nitrogen and oxygen atoms in total. The molecule has 1 aliphatic carbocycles. The van der Waals surface area contributed by atoms with Crippen LogP contribution in [0.15, 0.2) is 18.2 Å². The summed E-state index contributed by atoms with van der Waals surface area (Å²) in [5.74, 6) is 0.906. The van der Waals surface area contributed by atoms with Crippen molar-refractivity contribution in [2.75, 3.05) is 13.1 Å². The molecule has 2 saturated heterocycles. The zero-order chi connectivity index (χ0) is 20.0. The lowest BCUT2D eigenvalue weighted by atomic mass is 9.93. The predicted octanol–water partition coefficient (Wildman–Crippen LogP) is 0.925. The van der Waals surface area contributed by atoms with Crippen LogP contribution in [0.25, 0.3) is 0 Å². The highest BCUT2D eigenvalue weighted by Gasteiger charge is 2.43. The molecule has 3 amide bonds. The molecule has 3 aliphatic heterocycles. The Morgan fingerprint density at radius 1 is 1.10 bits per heavy atom. The van der Waals surface area contributed by atoms with E-state index in [0.717, 1.165) is 42.6 Å². The fourth-order valence-electron chi connectivity index (χ4n) is 5.30. The van der Waals surface area contributed by atoms with Gasteiger partial charge in [-0.05, 0) is 67.8 Å². The summed E-state index contributed by atoms with van der Waals surface area (Å²) in [5.41, 5.74) is 2.86. The van der Waals surface area contributed by atoms with Crippen LogP contribution in [0.3, 0.4) is 0 Å². The molecule has 29 heavy (non-hydrogen) atoms. The number of carbonyl (C=O) groups excluding carboxylic acids is 3. The highest BCUT2D eigenvalue weighted by atomic mass is 16.2. The van der Waals surface area contributed by atoms with Crippen molar-refractivity contribution in [3.63, 3.8) is 0 Å². The van der Waals surface area contributed by atoms with Gasteiger partial charge in [0.05, 0.1) is 0 Å². The van der Waals surface area contributed by atoms with Gasteiger partial charge in [0, 0.05) is 31.1 Å². The van der Waals surface area contributed by atoms with E-state index in [1.807, 2.05) is 12.1 Å². The third kappa shape index (κ3) is 3.57. The highest BCUT2D eigenvalue weighted by molar-refractivity contribution is 6.05. The molecule has 1 unspecified atom stereocenters. The molecule has 3 atom stereocenters. The largest absolute Gasteiger partial charge is 0.322 e. The normalized spacial score (nSPS) is 29.7. The lowest BCUT2D eigenvalue weighted by molar-refractivity contribution is -0.136. The lowest BCUT2D eigenvalue weighted by Crippen LogP contribution is -2.52. The molecule has 1 aromatic carbocycles. The molecule has 4 aliphatic rings. The van der Waals surface area contributed by atoms with Gasteiger partial charge < -0.3 is 15.5 Å². The summed E-state index contributed by atoms with van der Waals surface area (Å²) < 4.78 is 0. The van der Waals surface area contributed by atoms with Crippen molar-refractivity contribution in [2.24, 2.45) is 11.8 Å². The molecule has 0 bridgehead atoms. The van der Waals surface area contributed by atoms with Crippen molar-refractivity contribution in [3.05, 3.63) is 34.9 Å². The van der Waals surface area contributed by atoms with Crippen LogP contribution >= 0.6 is 0 Å². The van der Waals surface area contributed by atoms with E-state index < -0.39 is 6.04 Å². The average molecular weight is 396 g/mol. The Hall–Kier alpha value is -2.25. The molecule has 1 saturated carbocycles. The first kappa shape index (κ1) is 18.8. The van der Waals surface area contributed by atoms with Crippen molar-refractivity contribution in [1.82, 2.24) is 20.9 Å². The Kier molecular flexibility index (Phi) is 4.87. The number of fused-ring (bicyclic) bond motifs is 1. The maximum Gasteiger partial charge on any atom is 0.255 e. The molecule has 5 rings (SSSR count). The standard InChI is InChI=1S/C22H28N4O3/c27-20-5-4-19(21(28)25-20)26-12-17-14(2-1-3-15(17)22(26)29)11-24-18-10-16(18)13-6-8-23-9-7-13/h1-3,13,16,18-19,23-24H,4-12H2,(H,25,27,28)/t16-,18+,19?/m0/s1. The van der Waals surface area contributed by atoms with Gasteiger partial charge in [0.1, 0.15) is 6.04 Å². The van der Waals surface area contributed by atoms with Gasteiger partial charge in [-0.15, -0.1) is 0 Å². The number of nitrogens with zero attached hydrogens (tertiary/aromatic N) is 1. The SMILES string of the molecule is O=C1CCC(N2Cc3c(CN[C@@H]4C[C@H]4C4CCNCC4)cccc3C2=O)C(=O)N1. The molecule has 0 spiro atoms. The van der Waals surface area contributed by atoms with E-state index in [1.165, 1.54) is 19.3 Å². The summed E-state index contributed by atoms with van der Waals surface area (Å²) in [4.78, 5) is 38.2. The topological polar surface area (TPSA) is 90.5 Å². The minimum Gasteiger partial charge on any atom is -0.322 e. The lowest BCUT2D eigenvalue weighted by Gasteiger charge is -2.29. The van der Waals surface area contributed by atoms with Crippen molar-refractivity contribution >= 4 is 17.7 Å². The van der Waals surface area contributed by atoms with E-state index in [1.54, 1.807) is 4.90 Å². The van der Waals surface area contributed by atoms with Gasteiger partial charge in [0.25, 0.3) is 5.91 Å². The molecule has 1 aromatic rings. The third-order valence-corrected chi connectivity index (χ3v) is 7.06. The van der Waals surface area contributed by atoms with Gasteiger partial charge in [0.15, 0.2) is 0 Å². The van der Waals surface area contributed by atoms with E-state index >= 15 is 0 Å². The van der Waals surface area contributed by atoms with Crippen LogP contribution < -0.4 is 16.0 Å². The van der Waals surface area contributed by atoms with Gasteiger partial charge in [-0.3, -0.25) is 19.7 Å². The van der Waals surface area contributed by atoms with Crippen LogP contribution in [0, 0.1) is 11.8 Å². The number of imide groups is 1. The molecule has 3 heterocycles. The van der Waals surface area contributed by atoms with Crippen molar-refractivity contribution in [3.8, 4) is 0 Å². The molecular weight excluding hydrogens is 368 g/mol. The molecule has 154 valence electrons. The van der Waals surface area contributed by atoms with E-state index in [-0.39, 0.29) is 24.1 Å².